The first kappa shape index (κ1) is 12.7. The summed E-state index contributed by atoms with van der Waals surface area (Å²) in [6.07, 6.45) is 1.43. The van der Waals surface area contributed by atoms with Gasteiger partial charge in [-0.3, -0.25) is 9.59 Å². The SMILES string of the molecule is O=C1COc2cc(NC(=O)c3ccco3)c(Br)cc2N1. The van der Waals surface area contributed by atoms with E-state index in [1.165, 1.54) is 6.26 Å². The summed E-state index contributed by atoms with van der Waals surface area (Å²) in [6, 6.07) is 6.51. The smallest absolute Gasteiger partial charge is 0.291 e. The van der Waals surface area contributed by atoms with Gasteiger partial charge in [-0.1, -0.05) is 0 Å². The molecule has 1 aliphatic rings. The molecule has 1 aromatic heterocycles. The van der Waals surface area contributed by atoms with Gasteiger partial charge in [-0.25, -0.2) is 0 Å². The Hall–Kier alpha value is -2.28. The number of furan rings is 1. The maximum absolute atomic E-state index is 11.9. The molecule has 3 rings (SSSR count). The van der Waals surface area contributed by atoms with Gasteiger partial charge in [0.25, 0.3) is 11.8 Å². The van der Waals surface area contributed by atoms with E-state index in [4.69, 9.17) is 9.15 Å². The third kappa shape index (κ3) is 2.39. The number of nitrogens with one attached hydrogen (secondary N) is 2. The van der Waals surface area contributed by atoms with Gasteiger partial charge < -0.3 is 19.8 Å². The van der Waals surface area contributed by atoms with Crippen LogP contribution in [0.25, 0.3) is 0 Å². The second-order valence-electron chi connectivity index (χ2n) is 4.10. The molecule has 0 bridgehead atoms. The molecule has 20 heavy (non-hydrogen) atoms. The molecule has 0 spiro atoms. The van der Waals surface area contributed by atoms with E-state index in [0.29, 0.717) is 21.6 Å². The minimum absolute atomic E-state index is 0.0415. The van der Waals surface area contributed by atoms with Crippen LogP contribution in [-0.2, 0) is 4.79 Å². The molecule has 0 fully saturated rings. The van der Waals surface area contributed by atoms with Gasteiger partial charge in [0, 0.05) is 10.5 Å². The van der Waals surface area contributed by atoms with Crippen molar-refractivity contribution in [2.75, 3.05) is 17.2 Å². The lowest BCUT2D eigenvalue weighted by atomic mass is 10.2. The average molecular weight is 337 g/mol. The standard InChI is InChI=1S/C13H9BrN2O4/c14-7-4-9-11(20-6-12(17)15-9)5-8(7)16-13(18)10-2-1-3-19-10/h1-5H,6H2,(H,15,17)(H,16,18). The molecule has 2 heterocycles. The molecule has 0 unspecified atom stereocenters. The quantitative estimate of drug-likeness (QED) is 0.883. The Morgan fingerprint density at radius 2 is 2.25 bits per heavy atom. The number of rotatable bonds is 2. The van der Waals surface area contributed by atoms with E-state index in [2.05, 4.69) is 26.6 Å². The second-order valence-corrected chi connectivity index (χ2v) is 4.95. The van der Waals surface area contributed by atoms with E-state index in [1.54, 1.807) is 24.3 Å². The van der Waals surface area contributed by atoms with Crippen LogP contribution >= 0.6 is 15.9 Å². The Kier molecular flexibility index (Phi) is 3.19. The molecular weight excluding hydrogens is 328 g/mol. The van der Waals surface area contributed by atoms with Gasteiger partial charge in [0.05, 0.1) is 17.6 Å². The number of carbonyl (C=O) groups is 2. The lowest BCUT2D eigenvalue weighted by Crippen LogP contribution is -2.25. The first-order chi connectivity index (χ1) is 9.63. The molecule has 0 saturated heterocycles. The molecule has 102 valence electrons. The molecule has 2 amide bonds. The number of benzene rings is 1. The van der Waals surface area contributed by atoms with E-state index < -0.39 is 0 Å². The fourth-order valence-corrected chi connectivity index (χ4v) is 2.23. The van der Waals surface area contributed by atoms with Crippen LogP contribution < -0.4 is 15.4 Å². The molecule has 7 heteroatoms. The van der Waals surface area contributed by atoms with Crippen molar-refractivity contribution in [3.05, 3.63) is 40.8 Å². The topological polar surface area (TPSA) is 80.6 Å². The largest absolute Gasteiger partial charge is 0.482 e. The molecule has 0 aliphatic carbocycles. The van der Waals surface area contributed by atoms with Crippen molar-refractivity contribution in [1.82, 2.24) is 0 Å². The second kappa shape index (κ2) is 5.01. The number of carbonyl (C=O) groups excluding carboxylic acids is 2. The Labute approximate surface area is 122 Å². The number of amides is 2. The number of fused-ring (bicyclic) bond motifs is 1. The summed E-state index contributed by atoms with van der Waals surface area (Å²) >= 11 is 3.33. The van der Waals surface area contributed by atoms with Crippen molar-refractivity contribution >= 4 is 39.1 Å². The normalized spacial score (nSPS) is 13.2. The van der Waals surface area contributed by atoms with Crippen molar-refractivity contribution < 1.29 is 18.7 Å². The van der Waals surface area contributed by atoms with Crippen LogP contribution in [0, 0.1) is 0 Å². The molecule has 2 N–H and O–H groups in total. The highest BCUT2D eigenvalue weighted by atomic mass is 79.9. The van der Waals surface area contributed by atoms with Crippen molar-refractivity contribution in [2.24, 2.45) is 0 Å². The zero-order chi connectivity index (χ0) is 14.1. The van der Waals surface area contributed by atoms with E-state index in [0.717, 1.165) is 0 Å². The van der Waals surface area contributed by atoms with E-state index in [1.807, 2.05) is 0 Å². The summed E-state index contributed by atoms with van der Waals surface area (Å²) in [5.41, 5.74) is 1.09. The van der Waals surface area contributed by atoms with Crippen LogP contribution in [0.1, 0.15) is 10.6 Å². The van der Waals surface area contributed by atoms with Gasteiger partial charge in [0.2, 0.25) is 0 Å². The van der Waals surface area contributed by atoms with Crippen molar-refractivity contribution in [3.63, 3.8) is 0 Å². The molecule has 0 atom stereocenters. The summed E-state index contributed by atoms with van der Waals surface area (Å²) in [7, 11) is 0. The highest BCUT2D eigenvalue weighted by Gasteiger charge is 2.19. The van der Waals surface area contributed by atoms with Crippen molar-refractivity contribution in [1.29, 1.82) is 0 Å². The van der Waals surface area contributed by atoms with E-state index >= 15 is 0 Å². The van der Waals surface area contributed by atoms with Crippen LogP contribution in [0.5, 0.6) is 5.75 Å². The van der Waals surface area contributed by atoms with Crippen molar-refractivity contribution in [3.8, 4) is 5.75 Å². The van der Waals surface area contributed by atoms with Gasteiger partial charge in [-0.2, -0.15) is 0 Å². The number of anilines is 2. The lowest BCUT2D eigenvalue weighted by molar-refractivity contribution is -0.118. The van der Waals surface area contributed by atoms with Gasteiger partial charge in [-0.05, 0) is 34.1 Å². The number of hydrogen-bond acceptors (Lipinski definition) is 4. The highest BCUT2D eigenvalue weighted by molar-refractivity contribution is 9.10. The number of ether oxygens (including phenoxy) is 1. The first-order valence-corrected chi connectivity index (χ1v) is 6.54. The molecule has 0 saturated carbocycles. The van der Waals surface area contributed by atoms with Gasteiger partial charge in [0.15, 0.2) is 12.4 Å². The number of hydrogen-bond donors (Lipinski definition) is 2. The maximum atomic E-state index is 11.9. The summed E-state index contributed by atoms with van der Waals surface area (Å²) in [5.74, 6) is 0.138. The molecule has 1 aromatic carbocycles. The predicted octanol–water partition coefficient (Wildman–Crippen LogP) is 2.63. The Morgan fingerprint density at radius 1 is 1.40 bits per heavy atom. The maximum Gasteiger partial charge on any atom is 0.291 e. The molecular formula is C13H9BrN2O4. The zero-order valence-corrected chi connectivity index (χ0v) is 11.7. The highest BCUT2D eigenvalue weighted by Crippen LogP contribution is 2.36. The molecule has 6 nitrogen and oxygen atoms in total. The molecule has 0 radical (unpaired) electrons. The number of halogens is 1. The molecule has 2 aromatic rings. The van der Waals surface area contributed by atoms with Crippen LogP contribution in [0.4, 0.5) is 11.4 Å². The minimum atomic E-state index is -0.365. The van der Waals surface area contributed by atoms with Gasteiger partial charge >= 0.3 is 0 Å². The summed E-state index contributed by atoms with van der Waals surface area (Å²) in [5, 5.41) is 5.39. The Balaban J connectivity index is 1.87. The Morgan fingerprint density at radius 3 is 3.00 bits per heavy atom. The average Bonchev–Trinajstić information content (AvgIpc) is 2.94. The zero-order valence-electron chi connectivity index (χ0n) is 10.1. The van der Waals surface area contributed by atoms with Gasteiger partial charge in [0.1, 0.15) is 5.75 Å². The molecule has 1 aliphatic heterocycles. The summed E-state index contributed by atoms with van der Waals surface area (Å²) in [6.45, 7) is -0.0415. The lowest BCUT2D eigenvalue weighted by Gasteiger charge is -2.19. The van der Waals surface area contributed by atoms with Crippen molar-refractivity contribution in [2.45, 2.75) is 0 Å². The van der Waals surface area contributed by atoms with Crippen LogP contribution in [-0.4, -0.2) is 18.4 Å². The monoisotopic (exact) mass is 336 g/mol. The van der Waals surface area contributed by atoms with Crippen LogP contribution in [0.15, 0.2) is 39.4 Å². The fraction of sp³-hybridized carbons (Fsp3) is 0.0769. The Bertz CT molecular complexity index is 682. The minimum Gasteiger partial charge on any atom is -0.482 e. The van der Waals surface area contributed by atoms with E-state index in [9.17, 15) is 9.59 Å². The van der Waals surface area contributed by atoms with Gasteiger partial charge in [-0.15, -0.1) is 0 Å². The predicted molar refractivity (Wildman–Crippen MR) is 74.9 cm³/mol. The fourth-order valence-electron chi connectivity index (χ4n) is 1.79. The van der Waals surface area contributed by atoms with Crippen LogP contribution in [0.2, 0.25) is 0 Å². The summed E-state index contributed by atoms with van der Waals surface area (Å²) in [4.78, 5) is 23.1. The first-order valence-electron chi connectivity index (χ1n) is 5.74. The third-order valence-corrected chi connectivity index (χ3v) is 3.35. The third-order valence-electron chi connectivity index (χ3n) is 2.70. The van der Waals surface area contributed by atoms with E-state index in [-0.39, 0.29) is 24.2 Å². The summed E-state index contributed by atoms with van der Waals surface area (Å²) < 4.78 is 10.9. The van der Waals surface area contributed by atoms with Crippen LogP contribution in [0.3, 0.4) is 0 Å².